The van der Waals surface area contributed by atoms with E-state index >= 15 is 0 Å². The molecule has 0 saturated heterocycles. The minimum atomic E-state index is -0.758. The number of carboxylic acids is 1. The first-order valence-electron chi connectivity index (χ1n) is 6.69. The molecule has 4 nitrogen and oxygen atoms in total. The molecule has 1 aliphatic heterocycles. The van der Waals surface area contributed by atoms with Crippen molar-refractivity contribution in [3.63, 3.8) is 0 Å². The van der Waals surface area contributed by atoms with E-state index in [9.17, 15) is 9.90 Å². The van der Waals surface area contributed by atoms with Crippen LogP contribution in [-0.2, 0) is 24.2 Å². The predicted molar refractivity (Wildman–Crippen MR) is 73.2 cm³/mol. The van der Waals surface area contributed by atoms with Crippen molar-refractivity contribution in [3.8, 4) is 0 Å². The molecule has 1 aromatic carbocycles. The second kappa shape index (κ2) is 4.08. The fourth-order valence-electron chi connectivity index (χ4n) is 2.75. The molecular weight excluding hydrogens is 240 g/mol. The van der Waals surface area contributed by atoms with Crippen LogP contribution >= 0.6 is 0 Å². The fourth-order valence-corrected chi connectivity index (χ4v) is 2.75. The lowest BCUT2D eigenvalue weighted by Crippen LogP contribution is -2.26. The molecule has 4 heteroatoms. The van der Waals surface area contributed by atoms with Crippen molar-refractivity contribution in [1.29, 1.82) is 0 Å². The monoisotopic (exact) mass is 258 g/mol. The maximum absolute atomic E-state index is 11.2. The van der Waals surface area contributed by atoms with E-state index in [4.69, 9.17) is 0 Å². The van der Waals surface area contributed by atoms with Gasteiger partial charge < -0.3 is 9.67 Å². The van der Waals surface area contributed by atoms with E-state index in [1.807, 2.05) is 12.1 Å². The summed E-state index contributed by atoms with van der Waals surface area (Å²) in [4.78, 5) is 15.8. The Morgan fingerprint density at radius 1 is 1.47 bits per heavy atom. The summed E-state index contributed by atoms with van der Waals surface area (Å²) in [6.07, 6.45) is 2.74. The number of nitrogens with zero attached hydrogens (tertiary/aromatic N) is 2. The SMILES string of the molecule is CC(C)(Cc1ccc2nc3n(c2c1)CCC3)C(=O)O. The van der Waals surface area contributed by atoms with E-state index in [0.717, 1.165) is 41.8 Å². The summed E-state index contributed by atoms with van der Waals surface area (Å²) in [5, 5.41) is 9.21. The molecule has 0 spiro atoms. The second-order valence-electron chi connectivity index (χ2n) is 5.97. The van der Waals surface area contributed by atoms with Crippen LogP contribution in [0.15, 0.2) is 18.2 Å². The zero-order valence-electron chi connectivity index (χ0n) is 11.3. The highest BCUT2D eigenvalue weighted by Crippen LogP contribution is 2.27. The summed E-state index contributed by atoms with van der Waals surface area (Å²) in [5.41, 5.74) is 2.49. The third kappa shape index (κ3) is 2.01. The molecule has 3 rings (SSSR count). The summed E-state index contributed by atoms with van der Waals surface area (Å²) in [5.74, 6) is 0.399. The van der Waals surface area contributed by atoms with Gasteiger partial charge in [-0.3, -0.25) is 4.79 Å². The molecule has 0 atom stereocenters. The third-order valence-electron chi connectivity index (χ3n) is 3.90. The molecular formula is C15H18N2O2. The van der Waals surface area contributed by atoms with Crippen LogP contribution in [0.2, 0.25) is 0 Å². The number of fused-ring (bicyclic) bond motifs is 3. The number of aliphatic carboxylic acids is 1. The molecule has 100 valence electrons. The molecule has 0 amide bonds. The first kappa shape index (κ1) is 12.2. The lowest BCUT2D eigenvalue weighted by atomic mass is 9.86. The van der Waals surface area contributed by atoms with Crippen LogP contribution in [0.4, 0.5) is 0 Å². The summed E-state index contributed by atoms with van der Waals surface area (Å²) >= 11 is 0. The van der Waals surface area contributed by atoms with Crippen LogP contribution in [-0.4, -0.2) is 20.6 Å². The number of benzene rings is 1. The highest BCUT2D eigenvalue weighted by atomic mass is 16.4. The van der Waals surface area contributed by atoms with Gasteiger partial charge in [0.1, 0.15) is 5.82 Å². The topological polar surface area (TPSA) is 55.1 Å². The maximum Gasteiger partial charge on any atom is 0.309 e. The van der Waals surface area contributed by atoms with Gasteiger partial charge in [0, 0.05) is 13.0 Å². The van der Waals surface area contributed by atoms with E-state index in [-0.39, 0.29) is 0 Å². The fraction of sp³-hybridized carbons (Fsp3) is 0.467. The number of carboxylic acid groups (broad SMARTS) is 1. The summed E-state index contributed by atoms with van der Waals surface area (Å²) in [6, 6.07) is 6.10. The van der Waals surface area contributed by atoms with Gasteiger partial charge in [0.15, 0.2) is 0 Å². The van der Waals surface area contributed by atoms with Gasteiger partial charge in [-0.2, -0.15) is 0 Å². The van der Waals surface area contributed by atoms with Crippen molar-refractivity contribution >= 4 is 17.0 Å². The Morgan fingerprint density at radius 3 is 3.00 bits per heavy atom. The average molecular weight is 258 g/mol. The van der Waals surface area contributed by atoms with Crippen LogP contribution < -0.4 is 0 Å². The Balaban J connectivity index is 2.00. The van der Waals surface area contributed by atoms with Crippen molar-refractivity contribution < 1.29 is 9.90 Å². The summed E-state index contributed by atoms with van der Waals surface area (Å²) in [7, 11) is 0. The van der Waals surface area contributed by atoms with Gasteiger partial charge in [0.25, 0.3) is 0 Å². The number of aryl methyl sites for hydroxylation is 2. The van der Waals surface area contributed by atoms with E-state index in [0.29, 0.717) is 6.42 Å². The number of aromatic nitrogens is 2. The van der Waals surface area contributed by atoms with Crippen LogP contribution in [0.25, 0.3) is 11.0 Å². The number of imidazole rings is 1. The number of hydrogen-bond acceptors (Lipinski definition) is 2. The molecule has 1 aromatic heterocycles. The van der Waals surface area contributed by atoms with Crippen LogP contribution in [0.5, 0.6) is 0 Å². The van der Waals surface area contributed by atoms with Crippen molar-refractivity contribution in [1.82, 2.24) is 9.55 Å². The van der Waals surface area contributed by atoms with Gasteiger partial charge in [-0.25, -0.2) is 4.98 Å². The first-order chi connectivity index (χ1) is 8.97. The molecule has 0 saturated carbocycles. The molecule has 1 aliphatic rings. The Bertz CT molecular complexity index is 655. The number of hydrogen-bond donors (Lipinski definition) is 1. The van der Waals surface area contributed by atoms with Crippen molar-refractivity contribution in [2.75, 3.05) is 0 Å². The Morgan fingerprint density at radius 2 is 2.26 bits per heavy atom. The lowest BCUT2D eigenvalue weighted by molar-refractivity contribution is -0.146. The maximum atomic E-state index is 11.2. The van der Waals surface area contributed by atoms with E-state index in [1.165, 1.54) is 0 Å². The van der Waals surface area contributed by atoms with Gasteiger partial charge in [-0.05, 0) is 44.4 Å². The van der Waals surface area contributed by atoms with E-state index < -0.39 is 11.4 Å². The third-order valence-corrected chi connectivity index (χ3v) is 3.90. The largest absolute Gasteiger partial charge is 0.481 e. The highest BCUT2D eigenvalue weighted by Gasteiger charge is 2.27. The van der Waals surface area contributed by atoms with Crippen LogP contribution in [0.3, 0.4) is 0 Å². The summed E-state index contributed by atoms with van der Waals surface area (Å²) < 4.78 is 2.26. The second-order valence-corrected chi connectivity index (χ2v) is 5.97. The molecule has 2 aromatic rings. The van der Waals surface area contributed by atoms with Crippen molar-refractivity contribution in [2.24, 2.45) is 5.41 Å². The standard InChI is InChI=1S/C15H18N2O2/c1-15(2,14(18)19)9-10-5-6-11-12(8-10)17-7-3-4-13(17)16-11/h5-6,8H,3-4,7,9H2,1-2H3,(H,18,19). The molecule has 1 N–H and O–H groups in total. The minimum Gasteiger partial charge on any atom is -0.481 e. The molecule has 0 radical (unpaired) electrons. The average Bonchev–Trinajstić information content (AvgIpc) is 2.89. The zero-order chi connectivity index (χ0) is 13.6. The smallest absolute Gasteiger partial charge is 0.309 e. The predicted octanol–water partition coefficient (Wildman–Crippen LogP) is 2.64. The molecule has 19 heavy (non-hydrogen) atoms. The molecule has 2 heterocycles. The normalized spacial score (nSPS) is 14.8. The number of rotatable bonds is 3. The van der Waals surface area contributed by atoms with Gasteiger partial charge in [-0.1, -0.05) is 6.07 Å². The summed E-state index contributed by atoms with van der Waals surface area (Å²) in [6.45, 7) is 4.55. The molecule has 0 unspecified atom stereocenters. The van der Waals surface area contributed by atoms with Gasteiger partial charge >= 0.3 is 5.97 Å². The van der Waals surface area contributed by atoms with E-state index in [1.54, 1.807) is 13.8 Å². The molecule has 0 aliphatic carbocycles. The minimum absolute atomic E-state index is 0.540. The van der Waals surface area contributed by atoms with Crippen molar-refractivity contribution in [3.05, 3.63) is 29.6 Å². The van der Waals surface area contributed by atoms with Crippen LogP contribution in [0, 0.1) is 5.41 Å². The van der Waals surface area contributed by atoms with Gasteiger partial charge in [0.05, 0.1) is 16.4 Å². The molecule has 0 fully saturated rings. The first-order valence-corrected chi connectivity index (χ1v) is 6.69. The Labute approximate surface area is 112 Å². The van der Waals surface area contributed by atoms with Crippen LogP contribution in [0.1, 0.15) is 31.7 Å². The highest BCUT2D eigenvalue weighted by molar-refractivity contribution is 5.78. The van der Waals surface area contributed by atoms with Gasteiger partial charge in [0.2, 0.25) is 0 Å². The Hall–Kier alpha value is -1.84. The van der Waals surface area contributed by atoms with Crippen molar-refractivity contribution in [2.45, 2.75) is 39.7 Å². The van der Waals surface area contributed by atoms with E-state index in [2.05, 4.69) is 15.6 Å². The number of carbonyl (C=O) groups is 1. The quantitative estimate of drug-likeness (QED) is 0.920. The molecule has 0 bridgehead atoms. The zero-order valence-corrected chi connectivity index (χ0v) is 11.3. The lowest BCUT2D eigenvalue weighted by Gasteiger charge is -2.19. The Kier molecular flexibility index (Phi) is 2.62. The van der Waals surface area contributed by atoms with Gasteiger partial charge in [-0.15, -0.1) is 0 Å².